The van der Waals surface area contributed by atoms with Crippen molar-refractivity contribution < 1.29 is 39.3 Å². The molecule has 0 unspecified atom stereocenters. The Balaban J connectivity index is 0.000000642. The first kappa shape index (κ1) is 36.2. The molecule has 0 aliphatic rings. The molecule has 41 heavy (non-hydrogen) atoms. The van der Waals surface area contributed by atoms with E-state index in [-0.39, 0.29) is 30.9 Å². The van der Waals surface area contributed by atoms with Gasteiger partial charge >= 0.3 is 31.4 Å². The number of aromatic carboxylic acids is 2. The maximum Gasteiger partial charge on any atom is 2.00 e. The number of carbonyl (C=O) groups is 2. The van der Waals surface area contributed by atoms with Crippen molar-refractivity contribution >= 4 is 70.5 Å². The number of isothiocyanates is 2. The molecule has 10 nitrogen and oxygen atoms in total. The number of pyridine rings is 2. The zero-order chi connectivity index (χ0) is 29.6. The number of aromatic nitrogens is 2. The van der Waals surface area contributed by atoms with Gasteiger partial charge in [0, 0.05) is 0 Å². The number of rotatable bonds is 6. The maximum atomic E-state index is 10.7. The number of aliphatic imine (C=N–C) groups is 2. The number of hydrogen-bond donors (Lipinski definition) is 2. The summed E-state index contributed by atoms with van der Waals surface area (Å²) in [4.78, 5) is 37.7. The second-order valence-corrected chi connectivity index (χ2v) is 7.24. The van der Waals surface area contributed by atoms with Gasteiger partial charge in [0.1, 0.15) is 11.4 Å². The smallest absolute Gasteiger partial charge is 0.753 e. The summed E-state index contributed by atoms with van der Waals surface area (Å²) in [5, 5.41) is 34.5. The summed E-state index contributed by atoms with van der Waals surface area (Å²) in [5.74, 6) is -2.08. The van der Waals surface area contributed by atoms with Crippen LogP contribution < -0.4 is 0 Å². The summed E-state index contributed by atoms with van der Waals surface area (Å²) in [6.45, 7) is 0. The Morgan fingerprint density at radius 1 is 0.634 bits per heavy atom. The van der Waals surface area contributed by atoms with Crippen LogP contribution in [0.1, 0.15) is 32.4 Å². The normalized spacial score (nSPS) is 9.17. The molecule has 0 saturated carbocycles. The van der Waals surface area contributed by atoms with Gasteiger partial charge in [-0.3, -0.25) is 9.98 Å². The zero-order valence-electron chi connectivity index (χ0n) is 21.0. The summed E-state index contributed by atoms with van der Waals surface area (Å²) >= 11 is 7.40. The van der Waals surface area contributed by atoms with E-state index in [9.17, 15) is 9.59 Å². The Morgan fingerprint density at radius 3 is 1.24 bits per heavy atom. The molecule has 0 spiro atoms. The van der Waals surface area contributed by atoms with Crippen LogP contribution in [0.4, 0.5) is 11.4 Å². The van der Waals surface area contributed by atoms with Crippen molar-refractivity contribution in [3.8, 4) is 0 Å². The minimum Gasteiger partial charge on any atom is -0.753 e. The van der Waals surface area contributed by atoms with Crippen molar-refractivity contribution in [2.75, 3.05) is 0 Å². The van der Waals surface area contributed by atoms with Crippen LogP contribution in [-0.4, -0.2) is 54.9 Å². The third-order valence-corrected chi connectivity index (χ3v) is 4.18. The summed E-state index contributed by atoms with van der Waals surface area (Å²) in [6.07, 6.45) is 3.09. The van der Waals surface area contributed by atoms with Crippen molar-refractivity contribution in [1.29, 1.82) is 0 Å². The third-order valence-electron chi connectivity index (χ3n) is 4.18. The van der Waals surface area contributed by atoms with Crippen LogP contribution in [0.2, 0.25) is 0 Å². The molecule has 2 heterocycles. The third kappa shape index (κ3) is 16.1. The number of nitrogens with zero attached hydrogens (tertiary/aromatic N) is 6. The molecule has 0 amide bonds. The Hall–Kier alpha value is -4.76. The number of thiocarbonyl (C=S) groups is 2. The van der Waals surface area contributed by atoms with Gasteiger partial charge < -0.3 is 21.0 Å². The fourth-order valence-corrected chi connectivity index (χ4v) is 2.59. The van der Waals surface area contributed by atoms with Crippen molar-refractivity contribution in [2.24, 2.45) is 9.98 Å². The summed E-state index contributed by atoms with van der Waals surface area (Å²) in [6, 6.07) is 28.4. The standard InChI is InChI=1S/2C13H10N2O2.2CNS.Ru/c2*16-13(17)12-8-4-7-11(15-12)9-14-10-5-2-1-3-6-10;2*2-1-3;/h2*1-9H,(H,16,17);;;/q;;2*-1;+2. The average molecular weight is 670 g/mol. The summed E-state index contributed by atoms with van der Waals surface area (Å²) in [7, 11) is 0. The van der Waals surface area contributed by atoms with Crippen LogP contribution in [0.15, 0.2) is 107 Å². The number of carboxylic acids is 2. The van der Waals surface area contributed by atoms with Gasteiger partial charge in [-0.15, -0.1) is 0 Å². The molecule has 0 aliphatic carbocycles. The minimum absolute atomic E-state index is 0. The Morgan fingerprint density at radius 2 is 0.951 bits per heavy atom. The number of benzene rings is 2. The van der Waals surface area contributed by atoms with E-state index >= 15 is 0 Å². The molecule has 4 aromatic rings. The van der Waals surface area contributed by atoms with Gasteiger partial charge in [0.05, 0.1) is 35.2 Å². The van der Waals surface area contributed by atoms with Gasteiger partial charge in [-0.2, -0.15) is 10.3 Å². The van der Waals surface area contributed by atoms with Crippen molar-refractivity contribution in [3.05, 3.63) is 131 Å². The van der Waals surface area contributed by atoms with Crippen LogP contribution in [0.25, 0.3) is 10.8 Å². The Labute approximate surface area is 259 Å². The molecule has 2 aromatic heterocycles. The Bertz CT molecular complexity index is 1390. The second-order valence-electron chi connectivity index (χ2n) is 6.88. The number of carboxylic acid groups (broad SMARTS) is 2. The van der Waals surface area contributed by atoms with Crippen molar-refractivity contribution in [1.82, 2.24) is 9.97 Å². The molecule has 0 atom stereocenters. The van der Waals surface area contributed by atoms with Crippen LogP contribution >= 0.6 is 24.4 Å². The van der Waals surface area contributed by atoms with Crippen LogP contribution in [-0.2, 0) is 19.5 Å². The van der Waals surface area contributed by atoms with Gasteiger partial charge in [0.15, 0.2) is 0 Å². The van der Waals surface area contributed by atoms with E-state index in [0.717, 1.165) is 11.4 Å². The molecular weight excluding hydrogens is 650 g/mol. The number of hydrogen-bond acceptors (Lipinski definition) is 8. The fraction of sp³-hybridized carbons (Fsp3) is 0. The average Bonchev–Trinajstić information content (AvgIpc) is 2.97. The Kier molecular flexibility index (Phi) is 19.5. The van der Waals surface area contributed by atoms with Crippen LogP contribution in [0.3, 0.4) is 0 Å². The largest absolute Gasteiger partial charge is 2.00 e. The first-order valence-electron chi connectivity index (χ1n) is 11.0. The molecular formula is C28H20N6O4RuS2. The molecule has 0 aliphatic heterocycles. The van der Waals surface area contributed by atoms with Crippen molar-refractivity contribution in [3.63, 3.8) is 0 Å². The molecule has 13 heteroatoms. The van der Waals surface area contributed by atoms with Crippen LogP contribution in [0, 0.1) is 0 Å². The van der Waals surface area contributed by atoms with E-state index in [0.29, 0.717) is 11.4 Å². The fourth-order valence-electron chi connectivity index (χ4n) is 2.59. The van der Waals surface area contributed by atoms with E-state index in [1.807, 2.05) is 60.7 Å². The molecule has 0 saturated heterocycles. The summed E-state index contributed by atoms with van der Waals surface area (Å²) < 4.78 is 0. The number of para-hydroxylation sites is 2. The van der Waals surface area contributed by atoms with E-state index in [4.69, 9.17) is 21.0 Å². The minimum atomic E-state index is -1.04. The first-order chi connectivity index (χ1) is 19.3. The maximum absolute atomic E-state index is 10.7. The van der Waals surface area contributed by atoms with E-state index in [1.54, 1.807) is 36.7 Å². The van der Waals surface area contributed by atoms with Gasteiger partial charge in [0.25, 0.3) is 0 Å². The molecule has 2 N–H and O–H groups in total. The first-order valence-corrected chi connectivity index (χ1v) is 11.8. The van der Waals surface area contributed by atoms with E-state index in [2.05, 4.69) is 44.4 Å². The van der Waals surface area contributed by atoms with Gasteiger partial charge in [-0.05, 0) is 48.5 Å². The van der Waals surface area contributed by atoms with Gasteiger partial charge in [0.2, 0.25) is 0 Å². The summed E-state index contributed by atoms with van der Waals surface area (Å²) in [5.41, 5.74) is 2.68. The second kappa shape index (κ2) is 22.1. The predicted octanol–water partition coefficient (Wildman–Crippen LogP) is 6.38. The predicted molar refractivity (Wildman–Crippen MR) is 162 cm³/mol. The van der Waals surface area contributed by atoms with Crippen molar-refractivity contribution in [2.45, 2.75) is 0 Å². The van der Waals surface area contributed by atoms with Gasteiger partial charge in [-0.25, -0.2) is 19.6 Å². The SMILES string of the molecule is O=C(O)c1cccc(C=Nc2ccccc2)n1.O=C(O)c1cccc(C=Nc2ccccc2)n1.[N-]=C=S.[N-]=C=S.[Ru+2]. The topological polar surface area (TPSA) is 170 Å². The molecule has 2 aromatic carbocycles. The van der Waals surface area contributed by atoms with Gasteiger partial charge in [-0.1, -0.05) is 73.0 Å². The molecule has 4 rings (SSSR count). The molecule has 0 bridgehead atoms. The monoisotopic (exact) mass is 670 g/mol. The molecule has 0 fully saturated rings. The quantitative estimate of drug-likeness (QED) is 0.135. The molecule has 206 valence electrons. The van der Waals surface area contributed by atoms with E-state index < -0.39 is 11.9 Å². The molecule has 0 radical (unpaired) electrons. The zero-order valence-corrected chi connectivity index (χ0v) is 24.3. The van der Waals surface area contributed by atoms with E-state index in [1.165, 1.54) is 22.5 Å². The van der Waals surface area contributed by atoms with Crippen LogP contribution in [0.5, 0.6) is 0 Å².